The zero-order valence-corrected chi connectivity index (χ0v) is 10.6. The number of hydrogen-bond donors (Lipinski definition) is 2. The molecule has 0 radical (unpaired) electrons. The third-order valence-electron chi connectivity index (χ3n) is 3.34. The summed E-state index contributed by atoms with van der Waals surface area (Å²) in [5.74, 6) is 0.106. The summed E-state index contributed by atoms with van der Waals surface area (Å²) in [6.07, 6.45) is 2.46. The van der Waals surface area contributed by atoms with Gasteiger partial charge in [-0.3, -0.25) is 4.79 Å². The molecule has 1 aliphatic heterocycles. The van der Waals surface area contributed by atoms with Crippen molar-refractivity contribution in [2.75, 3.05) is 18.4 Å². The van der Waals surface area contributed by atoms with Crippen molar-refractivity contribution in [2.45, 2.75) is 26.2 Å². The SMILES string of the molecule is Cc1ccc(NC(=O)CCC2CCNC2)c(F)c1. The van der Waals surface area contributed by atoms with E-state index in [4.69, 9.17) is 0 Å². The Labute approximate surface area is 107 Å². The Morgan fingerprint density at radius 1 is 1.56 bits per heavy atom. The van der Waals surface area contributed by atoms with Crippen molar-refractivity contribution in [3.63, 3.8) is 0 Å². The predicted molar refractivity (Wildman–Crippen MR) is 70.0 cm³/mol. The monoisotopic (exact) mass is 250 g/mol. The van der Waals surface area contributed by atoms with Crippen molar-refractivity contribution in [1.82, 2.24) is 5.32 Å². The molecule has 1 aromatic carbocycles. The van der Waals surface area contributed by atoms with Crippen LogP contribution in [0.2, 0.25) is 0 Å². The van der Waals surface area contributed by atoms with Crippen molar-refractivity contribution in [1.29, 1.82) is 0 Å². The molecule has 0 saturated carbocycles. The van der Waals surface area contributed by atoms with E-state index >= 15 is 0 Å². The minimum absolute atomic E-state index is 0.107. The Kier molecular flexibility index (Phi) is 4.31. The van der Waals surface area contributed by atoms with E-state index in [9.17, 15) is 9.18 Å². The molecule has 1 amide bonds. The molecule has 2 N–H and O–H groups in total. The fourth-order valence-electron chi connectivity index (χ4n) is 2.23. The summed E-state index contributed by atoms with van der Waals surface area (Å²) in [7, 11) is 0. The summed E-state index contributed by atoms with van der Waals surface area (Å²) in [6.45, 7) is 3.85. The quantitative estimate of drug-likeness (QED) is 0.862. The Balaban J connectivity index is 1.82. The van der Waals surface area contributed by atoms with E-state index in [1.54, 1.807) is 12.1 Å². The summed E-state index contributed by atoms with van der Waals surface area (Å²) in [5, 5.41) is 5.90. The van der Waals surface area contributed by atoms with Crippen LogP contribution in [0.25, 0.3) is 0 Å². The molecule has 18 heavy (non-hydrogen) atoms. The van der Waals surface area contributed by atoms with E-state index in [0.29, 0.717) is 12.3 Å². The predicted octanol–water partition coefficient (Wildman–Crippen LogP) is 2.46. The van der Waals surface area contributed by atoms with Crippen LogP contribution in [-0.2, 0) is 4.79 Å². The van der Waals surface area contributed by atoms with Gasteiger partial charge in [0.1, 0.15) is 5.82 Å². The highest BCUT2D eigenvalue weighted by molar-refractivity contribution is 5.90. The van der Waals surface area contributed by atoms with Crippen molar-refractivity contribution in [3.05, 3.63) is 29.6 Å². The molecule has 98 valence electrons. The van der Waals surface area contributed by atoms with Crippen LogP contribution in [0.15, 0.2) is 18.2 Å². The molecule has 0 aromatic heterocycles. The van der Waals surface area contributed by atoms with E-state index in [1.165, 1.54) is 6.07 Å². The molecular formula is C14H19FN2O. The molecule has 2 rings (SSSR count). The third-order valence-corrected chi connectivity index (χ3v) is 3.34. The number of hydrogen-bond acceptors (Lipinski definition) is 2. The lowest BCUT2D eigenvalue weighted by Crippen LogP contribution is -2.15. The highest BCUT2D eigenvalue weighted by atomic mass is 19.1. The first kappa shape index (κ1) is 13.0. The van der Waals surface area contributed by atoms with Crippen molar-refractivity contribution in [3.8, 4) is 0 Å². The number of carbonyl (C=O) groups excluding carboxylic acids is 1. The van der Waals surface area contributed by atoms with Crippen LogP contribution in [0.1, 0.15) is 24.8 Å². The average molecular weight is 250 g/mol. The molecule has 1 aliphatic rings. The van der Waals surface area contributed by atoms with Gasteiger partial charge in [-0.25, -0.2) is 4.39 Å². The fraction of sp³-hybridized carbons (Fsp3) is 0.500. The summed E-state index contributed by atoms with van der Waals surface area (Å²) in [5.41, 5.74) is 1.12. The zero-order valence-electron chi connectivity index (χ0n) is 10.6. The van der Waals surface area contributed by atoms with Gasteiger partial charge in [0, 0.05) is 6.42 Å². The smallest absolute Gasteiger partial charge is 0.224 e. The van der Waals surface area contributed by atoms with E-state index in [0.717, 1.165) is 31.5 Å². The Bertz CT molecular complexity index is 428. The lowest BCUT2D eigenvalue weighted by atomic mass is 10.0. The lowest BCUT2D eigenvalue weighted by Gasteiger charge is -2.09. The summed E-state index contributed by atoms with van der Waals surface area (Å²) >= 11 is 0. The van der Waals surface area contributed by atoms with E-state index in [-0.39, 0.29) is 17.4 Å². The molecular weight excluding hydrogens is 231 g/mol. The topological polar surface area (TPSA) is 41.1 Å². The number of halogens is 1. The molecule has 1 heterocycles. The Hall–Kier alpha value is -1.42. The summed E-state index contributed by atoms with van der Waals surface area (Å²) in [4.78, 5) is 11.7. The molecule has 1 aromatic rings. The summed E-state index contributed by atoms with van der Waals surface area (Å²) < 4.78 is 13.5. The molecule has 3 nitrogen and oxygen atoms in total. The van der Waals surface area contributed by atoms with Gasteiger partial charge in [0.25, 0.3) is 0 Å². The second-order valence-corrected chi connectivity index (χ2v) is 4.93. The molecule has 1 atom stereocenters. The van der Waals surface area contributed by atoms with Gasteiger partial charge in [0.15, 0.2) is 0 Å². The molecule has 1 saturated heterocycles. The molecule has 0 spiro atoms. The number of anilines is 1. The van der Waals surface area contributed by atoms with Gasteiger partial charge in [-0.05, 0) is 56.5 Å². The first-order valence-electron chi connectivity index (χ1n) is 6.42. The van der Waals surface area contributed by atoms with Crippen LogP contribution < -0.4 is 10.6 Å². The molecule has 1 fully saturated rings. The number of nitrogens with one attached hydrogen (secondary N) is 2. The Morgan fingerprint density at radius 2 is 2.39 bits per heavy atom. The van der Waals surface area contributed by atoms with E-state index in [1.807, 2.05) is 6.92 Å². The number of aryl methyl sites for hydroxylation is 1. The fourth-order valence-corrected chi connectivity index (χ4v) is 2.23. The van der Waals surface area contributed by atoms with Gasteiger partial charge in [-0.2, -0.15) is 0 Å². The van der Waals surface area contributed by atoms with E-state index < -0.39 is 0 Å². The maximum atomic E-state index is 13.5. The lowest BCUT2D eigenvalue weighted by molar-refractivity contribution is -0.116. The van der Waals surface area contributed by atoms with Gasteiger partial charge in [0.2, 0.25) is 5.91 Å². The second kappa shape index (κ2) is 5.96. The van der Waals surface area contributed by atoms with Crippen LogP contribution in [0, 0.1) is 18.7 Å². The first-order valence-corrected chi connectivity index (χ1v) is 6.42. The van der Waals surface area contributed by atoms with Gasteiger partial charge in [-0.15, -0.1) is 0 Å². The molecule has 0 bridgehead atoms. The minimum atomic E-state index is -0.370. The van der Waals surface area contributed by atoms with Crippen LogP contribution in [0.3, 0.4) is 0 Å². The number of benzene rings is 1. The highest BCUT2D eigenvalue weighted by Gasteiger charge is 2.16. The number of carbonyl (C=O) groups is 1. The largest absolute Gasteiger partial charge is 0.324 e. The zero-order chi connectivity index (χ0) is 13.0. The van der Waals surface area contributed by atoms with Crippen molar-refractivity contribution >= 4 is 11.6 Å². The first-order chi connectivity index (χ1) is 8.65. The molecule has 0 aliphatic carbocycles. The van der Waals surface area contributed by atoms with Gasteiger partial charge in [0.05, 0.1) is 5.69 Å². The van der Waals surface area contributed by atoms with Crippen LogP contribution in [0.4, 0.5) is 10.1 Å². The van der Waals surface area contributed by atoms with Gasteiger partial charge >= 0.3 is 0 Å². The van der Waals surface area contributed by atoms with Crippen molar-refractivity contribution < 1.29 is 9.18 Å². The van der Waals surface area contributed by atoms with Gasteiger partial charge in [-0.1, -0.05) is 6.07 Å². The van der Waals surface area contributed by atoms with E-state index in [2.05, 4.69) is 10.6 Å². The Morgan fingerprint density at radius 3 is 3.06 bits per heavy atom. The maximum absolute atomic E-state index is 13.5. The third kappa shape index (κ3) is 3.53. The number of rotatable bonds is 4. The molecule has 4 heteroatoms. The van der Waals surface area contributed by atoms with Crippen LogP contribution >= 0.6 is 0 Å². The normalized spacial score (nSPS) is 18.9. The summed E-state index contributed by atoms with van der Waals surface area (Å²) in [6, 6.07) is 4.83. The second-order valence-electron chi connectivity index (χ2n) is 4.93. The maximum Gasteiger partial charge on any atom is 0.224 e. The average Bonchev–Trinajstić information content (AvgIpc) is 2.83. The molecule has 1 unspecified atom stereocenters. The standard InChI is InChI=1S/C14H19FN2O/c1-10-2-4-13(12(15)8-10)17-14(18)5-3-11-6-7-16-9-11/h2,4,8,11,16H,3,5-7,9H2,1H3,(H,17,18). The van der Waals surface area contributed by atoms with Gasteiger partial charge < -0.3 is 10.6 Å². The van der Waals surface area contributed by atoms with Crippen LogP contribution in [0.5, 0.6) is 0 Å². The van der Waals surface area contributed by atoms with Crippen molar-refractivity contribution in [2.24, 2.45) is 5.92 Å². The highest BCUT2D eigenvalue weighted by Crippen LogP contribution is 2.18. The number of amides is 1. The minimum Gasteiger partial charge on any atom is -0.324 e. The van der Waals surface area contributed by atoms with Crippen LogP contribution in [-0.4, -0.2) is 19.0 Å².